The number of carbonyl (C=O) groups is 2. The molecule has 86 heavy (non-hydrogen) atoms. The molecule has 0 aromatic rings. The van der Waals surface area contributed by atoms with Crippen LogP contribution in [0.1, 0.15) is 310 Å². The Morgan fingerprint density at radius 1 is 0.419 bits per heavy atom. The van der Waals surface area contributed by atoms with Gasteiger partial charge in [0.05, 0.1) is 33.8 Å². The van der Waals surface area contributed by atoms with Gasteiger partial charge < -0.3 is 28.5 Å². The highest BCUT2D eigenvalue weighted by Crippen LogP contribution is 2.38. The first-order chi connectivity index (χ1) is 41.9. The molecular weight excluding hydrogens is 1080 g/mol. The van der Waals surface area contributed by atoms with E-state index in [1.54, 1.807) is 0 Å². The van der Waals surface area contributed by atoms with Crippen molar-refractivity contribution in [2.24, 2.45) is 0 Å². The molecular formula is C76H135N2O7P. The zero-order valence-electron chi connectivity index (χ0n) is 56.7. The van der Waals surface area contributed by atoms with Crippen molar-refractivity contribution in [2.75, 3.05) is 40.9 Å². The van der Waals surface area contributed by atoms with E-state index in [4.69, 9.17) is 13.8 Å². The standard InChI is InChI=1S/C76H135N2O7P/c1-7-10-13-16-19-22-25-28-30-32-34-36-38-39-41-42-44-46-48-50-53-56-59-62-65-68-75(79)77-73(72-84-86(81,82)83-71-70-78(4,5)6)74(67-64-61-58-55-52-27-24-21-18-15-12-9-3)85-76(80)69-66-63-60-57-54-51-49-47-45-43-40-37-35-33-31-29-26-23-20-17-14-11-8-2/h10,13,19-20,22-23,28-31,34-37,39,41,64,67,73-74H,7-9,11-12,14-18,21,24-27,32-33,38,40,42-63,65-66,68-72H2,1-6H3,(H-,77,79,81,82)/b13-10-,22-19-,23-20-,30-28-,31-29-,36-34-,37-35-,41-39-,67-64+. The average molecular weight is 1220 g/mol. The van der Waals surface area contributed by atoms with Gasteiger partial charge in [0.25, 0.3) is 7.82 Å². The van der Waals surface area contributed by atoms with Crippen molar-refractivity contribution < 1.29 is 37.3 Å². The van der Waals surface area contributed by atoms with Gasteiger partial charge in [0.15, 0.2) is 0 Å². The number of hydrogen-bond acceptors (Lipinski definition) is 7. The third-order valence-corrected chi connectivity index (χ3v) is 16.4. The Morgan fingerprint density at radius 3 is 1.14 bits per heavy atom. The van der Waals surface area contributed by atoms with Crippen molar-refractivity contribution in [3.8, 4) is 0 Å². The molecule has 3 unspecified atom stereocenters. The van der Waals surface area contributed by atoms with Crippen LogP contribution in [0.2, 0.25) is 0 Å². The first kappa shape index (κ1) is 82.7. The fourth-order valence-electron chi connectivity index (χ4n) is 9.97. The first-order valence-electron chi connectivity index (χ1n) is 35.7. The van der Waals surface area contributed by atoms with Gasteiger partial charge in [-0.05, 0) is 115 Å². The topological polar surface area (TPSA) is 114 Å². The van der Waals surface area contributed by atoms with Gasteiger partial charge in [-0.1, -0.05) is 291 Å². The molecule has 0 aromatic heterocycles. The normalized spacial score (nSPS) is 14.2. The van der Waals surface area contributed by atoms with Crippen LogP contribution in [-0.2, 0) is 27.9 Å². The number of allylic oxidation sites excluding steroid dienone is 17. The molecule has 0 saturated carbocycles. The Morgan fingerprint density at radius 2 is 0.744 bits per heavy atom. The van der Waals surface area contributed by atoms with Gasteiger partial charge in [-0.2, -0.15) is 0 Å². The van der Waals surface area contributed by atoms with Crippen LogP contribution in [0, 0.1) is 0 Å². The lowest BCUT2D eigenvalue weighted by atomic mass is 10.0. The predicted octanol–water partition coefficient (Wildman–Crippen LogP) is 22.2. The number of likely N-dealkylation sites (N-methyl/N-ethyl adjacent to an activating group) is 1. The van der Waals surface area contributed by atoms with Crippen LogP contribution < -0.4 is 10.2 Å². The van der Waals surface area contributed by atoms with Gasteiger partial charge in [0.2, 0.25) is 5.91 Å². The van der Waals surface area contributed by atoms with Crippen LogP contribution in [0.25, 0.3) is 0 Å². The van der Waals surface area contributed by atoms with Crippen molar-refractivity contribution in [3.05, 3.63) is 109 Å². The Labute approximate surface area is 531 Å². The molecule has 10 heteroatoms. The second-order valence-electron chi connectivity index (χ2n) is 25.0. The molecule has 0 spiro atoms. The number of hydrogen-bond donors (Lipinski definition) is 1. The summed E-state index contributed by atoms with van der Waals surface area (Å²) in [5.74, 6) is -0.551. The van der Waals surface area contributed by atoms with E-state index in [1.165, 1.54) is 148 Å². The first-order valence-corrected chi connectivity index (χ1v) is 37.2. The van der Waals surface area contributed by atoms with Gasteiger partial charge >= 0.3 is 5.97 Å². The number of unbranched alkanes of at least 4 members (excludes halogenated alkanes) is 32. The zero-order valence-corrected chi connectivity index (χ0v) is 57.6. The van der Waals surface area contributed by atoms with Crippen LogP contribution >= 0.6 is 7.82 Å². The van der Waals surface area contributed by atoms with Crippen molar-refractivity contribution in [2.45, 2.75) is 322 Å². The quantitative estimate of drug-likeness (QED) is 0.0212. The second-order valence-corrected chi connectivity index (χ2v) is 26.4. The Bertz CT molecular complexity index is 1840. The molecule has 3 atom stereocenters. The Hall–Kier alpha value is -3.33. The number of phosphoric ester groups is 1. The molecule has 9 nitrogen and oxygen atoms in total. The second kappa shape index (κ2) is 64.6. The van der Waals surface area contributed by atoms with E-state index >= 15 is 0 Å². The van der Waals surface area contributed by atoms with Crippen LogP contribution in [0.4, 0.5) is 0 Å². The van der Waals surface area contributed by atoms with Crippen molar-refractivity contribution in [3.63, 3.8) is 0 Å². The summed E-state index contributed by atoms with van der Waals surface area (Å²) < 4.78 is 30.5. The SMILES string of the molecule is CC/C=C\C/C=C\C/C=C\C/C=C\C/C=C\CCCCCCCCCCCC(=O)NC(COP(=O)([O-])OCC[N+](C)(C)C)C(/C=C/CCCCCCCCCCCC)OC(=O)CCCCCCCCCCCC/C=C\C/C=C\C/C=C\CCCCC. The van der Waals surface area contributed by atoms with E-state index in [1.807, 2.05) is 33.3 Å². The average Bonchev–Trinajstić information content (AvgIpc) is 3.69. The molecule has 0 aliphatic carbocycles. The molecule has 0 fully saturated rings. The van der Waals surface area contributed by atoms with Gasteiger partial charge in [-0.3, -0.25) is 14.2 Å². The summed E-state index contributed by atoms with van der Waals surface area (Å²) in [6, 6.07) is -0.901. The third kappa shape index (κ3) is 65.1. The molecule has 0 aromatic carbocycles. The molecule has 0 rings (SSSR count). The molecule has 0 heterocycles. The number of nitrogens with zero attached hydrogens (tertiary/aromatic N) is 1. The number of carbonyl (C=O) groups excluding carboxylic acids is 2. The van der Waals surface area contributed by atoms with Gasteiger partial charge in [0, 0.05) is 12.8 Å². The zero-order chi connectivity index (χ0) is 62.8. The highest BCUT2D eigenvalue weighted by atomic mass is 31.2. The number of quaternary nitrogens is 1. The minimum absolute atomic E-state index is 0.0287. The van der Waals surface area contributed by atoms with Crippen molar-refractivity contribution in [1.82, 2.24) is 5.32 Å². The van der Waals surface area contributed by atoms with Gasteiger partial charge in [0.1, 0.15) is 19.3 Å². The minimum atomic E-state index is -4.71. The fourth-order valence-corrected chi connectivity index (χ4v) is 10.7. The predicted molar refractivity (Wildman–Crippen MR) is 371 cm³/mol. The highest BCUT2D eigenvalue weighted by Gasteiger charge is 2.27. The van der Waals surface area contributed by atoms with Crippen LogP contribution in [0.15, 0.2) is 109 Å². The summed E-state index contributed by atoms with van der Waals surface area (Å²) in [5.41, 5.74) is 0. The lowest BCUT2D eigenvalue weighted by Gasteiger charge is -2.30. The molecule has 0 aliphatic rings. The third-order valence-electron chi connectivity index (χ3n) is 15.4. The molecule has 1 N–H and O–H groups in total. The fraction of sp³-hybridized carbons (Fsp3) is 0.737. The van der Waals surface area contributed by atoms with Crippen LogP contribution in [0.3, 0.4) is 0 Å². The van der Waals surface area contributed by atoms with Gasteiger partial charge in [-0.25, -0.2) is 0 Å². The summed E-state index contributed by atoms with van der Waals surface area (Å²) in [6.45, 7) is 6.71. The maximum absolute atomic E-state index is 13.6. The lowest BCUT2D eigenvalue weighted by molar-refractivity contribution is -0.870. The summed E-state index contributed by atoms with van der Waals surface area (Å²) >= 11 is 0. The smallest absolute Gasteiger partial charge is 0.306 e. The maximum atomic E-state index is 13.6. The largest absolute Gasteiger partial charge is 0.756 e. The minimum Gasteiger partial charge on any atom is -0.756 e. The monoisotopic (exact) mass is 1220 g/mol. The molecule has 0 saturated heterocycles. The van der Waals surface area contributed by atoms with E-state index < -0.39 is 26.6 Å². The molecule has 0 radical (unpaired) electrons. The summed E-state index contributed by atoms with van der Waals surface area (Å²) in [6.07, 6.45) is 89.2. The number of esters is 1. The van der Waals surface area contributed by atoms with Crippen molar-refractivity contribution in [1.29, 1.82) is 0 Å². The van der Waals surface area contributed by atoms with Gasteiger partial charge in [-0.15, -0.1) is 0 Å². The Kier molecular flexibility index (Phi) is 62.1. The van der Waals surface area contributed by atoms with Crippen LogP contribution in [0.5, 0.6) is 0 Å². The Balaban J connectivity index is 5.10. The van der Waals surface area contributed by atoms with Crippen molar-refractivity contribution >= 4 is 19.7 Å². The number of rotatable bonds is 64. The van der Waals surface area contributed by atoms with E-state index in [0.717, 1.165) is 128 Å². The number of amides is 1. The van der Waals surface area contributed by atoms with Crippen LogP contribution in [-0.4, -0.2) is 69.4 Å². The van der Waals surface area contributed by atoms with E-state index in [0.29, 0.717) is 17.4 Å². The van der Waals surface area contributed by atoms with E-state index in [-0.39, 0.29) is 24.9 Å². The van der Waals surface area contributed by atoms with E-state index in [9.17, 15) is 19.0 Å². The lowest BCUT2D eigenvalue weighted by Crippen LogP contribution is -2.47. The summed E-state index contributed by atoms with van der Waals surface area (Å²) in [5, 5.41) is 3.04. The molecule has 1 amide bonds. The molecule has 0 bridgehead atoms. The number of nitrogens with one attached hydrogen (secondary N) is 1. The molecule has 0 aliphatic heterocycles. The molecule has 496 valence electrons. The highest BCUT2D eigenvalue weighted by molar-refractivity contribution is 7.45. The number of ether oxygens (including phenoxy) is 1. The summed E-state index contributed by atoms with van der Waals surface area (Å²) in [7, 11) is 1.17. The number of phosphoric acid groups is 1. The van der Waals surface area contributed by atoms with E-state index in [2.05, 4.69) is 123 Å². The summed E-state index contributed by atoms with van der Waals surface area (Å²) in [4.78, 5) is 40.2. The maximum Gasteiger partial charge on any atom is 0.306 e.